The minimum atomic E-state index is -0.427. The number of aromatic nitrogens is 1. The molecule has 0 radical (unpaired) electrons. The van der Waals surface area contributed by atoms with Crippen molar-refractivity contribution in [3.05, 3.63) is 57.6 Å². The third-order valence-corrected chi connectivity index (χ3v) is 8.93. The van der Waals surface area contributed by atoms with Crippen LogP contribution in [0.4, 0.5) is 0 Å². The molecule has 5 nitrogen and oxygen atoms in total. The number of pyridine rings is 1. The monoisotopic (exact) mass is 394 g/mol. The molecule has 5 heteroatoms. The van der Waals surface area contributed by atoms with Crippen molar-refractivity contribution in [1.29, 1.82) is 0 Å². The SMILES string of the molecule is C[C@]12CCC(O)CC1=C([N+](=O)[O-])C[C@@H]1[C@H]2CC[C@]2(C)C(c3cccnc3)=CC[C@@H]12. The summed E-state index contributed by atoms with van der Waals surface area (Å²) in [6.45, 7) is 4.62. The second-order valence-electron chi connectivity index (χ2n) is 10.1. The number of nitrogens with zero attached hydrogens (tertiary/aromatic N) is 2. The van der Waals surface area contributed by atoms with Gasteiger partial charge in [-0.25, -0.2) is 0 Å². The number of rotatable bonds is 2. The predicted octanol–water partition coefficient (Wildman–Crippen LogP) is 5.00. The summed E-state index contributed by atoms with van der Waals surface area (Å²) in [4.78, 5) is 16.2. The van der Waals surface area contributed by atoms with Crippen molar-refractivity contribution in [2.24, 2.45) is 28.6 Å². The molecule has 0 spiro atoms. The summed E-state index contributed by atoms with van der Waals surface area (Å²) in [5.74, 6) is 1.26. The molecular formula is C24H30N2O3. The maximum Gasteiger partial charge on any atom is 0.246 e. The van der Waals surface area contributed by atoms with E-state index in [4.69, 9.17) is 0 Å². The van der Waals surface area contributed by atoms with E-state index in [0.717, 1.165) is 37.7 Å². The first-order chi connectivity index (χ1) is 13.8. The van der Waals surface area contributed by atoms with Crippen LogP contribution in [0, 0.1) is 38.7 Å². The van der Waals surface area contributed by atoms with Gasteiger partial charge in [0.25, 0.3) is 0 Å². The van der Waals surface area contributed by atoms with Crippen LogP contribution in [0.1, 0.15) is 64.4 Å². The topological polar surface area (TPSA) is 76.3 Å². The van der Waals surface area contributed by atoms with Crippen molar-refractivity contribution in [3.8, 4) is 0 Å². The Balaban J connectivity index is 1.54. The van der Waals surface area contributed by atoms with E-state index in [-0.39, 0.29) is 15.8 Å². The molecule has 2 saturated carbocycles. The highest BCUT2D eigenvalue weighted by molar-refractivity contribution is 5.72. The van der Waals surface area contributed by atoms with Crippen LogP contribution in [-0.2, 0) is 0 Å². The van der Waals surface area contributed by atoms with E-state index < -0.39 is 6.10 Å². The number of allylic oxidation sites excluding steroid dienone is 3. The first-order valence-electron chi connectivity index (χ1n) is 11.0. The van der Waals surface area contributed by atoms with Crippen molar-refractivity contribution in [2.45, 2.75) is 64.9 Å². The molecule has 0 saturated heterocycles. The number of aliphatic hydroxyl groups excluding tert-OH is 1. The molecule has 4 aliphatic carbocycles. The molecule has 1 aromatic heterocycles. The molecule has 4 aliphatic rings. The number of fused-ring (bicyclic) bond motifs is 5. The molecule has 0 bridgehead atoms. The normalized spacial score (nSPS) is 41.3. The average molecular weight is 395 g/mol. The molecule has 29 heavy (non-hydrogen) atoms. The lowest BCUT2D eigenvalue weighted by atomic mass is 9.46. The Hall–Kier alpha value is -2.01. The third kappa shape index (κ3) is 2.66. The summed E-state index contributed by atoms with van der Waals surface area (Å²) in [6.07, 6.45) is 11.6. The minimum absolute atomic E-state index is 0.0634. The highest BCUT2D eigenvalue weighted by Crippen LogP contribution is 2.67. The molecule has 6 atom stereocenters. The molecule has 1 heterocycles. The third-order valence-electron chi connectivity index (χ3n) is 8.93. The van der Waals surface area contributed by atoms with E-state index in [9.17, 15) is 15.2 Å². The van der Waals surface area contributed by atoms with Crippen LogP contribution >= 0.6 is 0 Å². The van der Waals surface area contributed by atoms with Crippen LogP contribution in [0.3, 0.4) is 0 Å². The summed E-state index contributed by atoms with van der Waals surface area (Å²) in [7, 11) is 0. The van der Waals surface area contributed by atoms with Crippen molar-refractivity contribution < 1.29 is 10.0 Å². The van der Waals surface area contributed by atoms with Crippen LogP contribution in [0.2, 0.25) is 0 Å². The van der Waals surface area contributed by atoms with Gasteiger partial charge in [0.05, 0.1) is 11.0 Å². The van der Waals surface area contributed by atoms with Gasteiger partial charge >= 0.3 is 0 Å². The highest BCUT2D eigenvalue weighted by Gasteiger charge is 2.59. The standard InChI is InChI=1S/C24H30N2O3/c1-23-10-8-20-17(19(23)6-5-18(23)15-4-3-11-25-14-15)13-22(26(28)29)21-12-16(27)7-9-24(20,21)2/h3-5,11,14,16-17,19-20,27H,6-10,12-13H2,1-2H3/t16?,17-,19-,20+,23+,24+/m0/s1. The van der Waals surface area contributed by atoms with Gasteiger partial charge in [-0.3, -0.25) is 15.1 Å². The Bertz CT molecular complexity index is 908. The van der Waals surface area contributed by atoms with Crippen molar-refractivity contribution in [3.63, 3.8) is 0 Å². The quantitative estimate of drug-likeness (QED) is 0.565. The summed E-state index contributed by atoms with van der Waals surface area (Å²) in [5, 5.41) is 22.3. The Labute approximate surface area is 172 Å². The Kier molecular flexibility index (Phi) is 4.25. The predicted molar refractivity (Wildman–Crippen MR) is 111 cm³/mol. The van der Waals surface area contributed by atoms with Gasteiger partial charge in [0.15, 0.2) is 0 Å². The lowest BCUT2D eigenvalue weighted by Crippen LogP contribution is -2.51. The second kappa shape index (κ2) is 6.49. The van der Waals surface area contributed by atoms with Gasteiger partial charge in [-0.05, 0) is 77.9 Å². The van der Waals surface area contributed by atoms with Gasteiger partial charge in [0.1, 0.15) is 0 Å². The zero-order chi connectivity index (χ0) is 20.4. The molecule has 0 amide bonds. The highest BCUT2D eigenvalue weighted by atomic mass is 16.6. The van der Waals surface area contributed by atoms with Gasteiger partial charge < -0.3 is 5.11 Å². The van der Waals surface area contributed by atoms with Gasteiger partial charge in [0, 0.05) is 30.8 Å². The van der Waals surface area contributed by atoms with E-state index in [2.05, 4.69) is 31.0 Å². The average Bonchev–Trinajstić information content (AvgIpc) is 3.06. The van der Waals surface area contributed by atoms with Crippen LogP contribution in [0.25, 0.3) is 5.57 Å². The fourth-order valence-electron chi connectivity index (χ4n) is 7.48. The molecule has 154 valence electrons. The van der Waals surface area contributed by atoms with E-state index in [1.165, 1.54) is 11.1 Å². The van der Waals surface area contributed by atoms with Gasteiger partial charge in [-0.15, -0.1) is 0 Å². The number of hydrogen-bond donors (Lipinski definition) is 1. The van der Waals surface area contributed by atoms with Crippen LogP contribution in [0.15, 0.2) is 41.9 Å². The van der Waals surface area contributed by atoms with Gasteiger partial charge in [0.2, 0.25) is 5.70 Å². The largest absolute Gasteiger partial charge is 0.393 e. The maximum atomic E-state index is 12.0. The molecule has 1 aromatic rings. The van der Waals surface area contributed by atoms with Crippen LogP contribution in [0.5, 0.6) is 0 Å². The van der Waals surface area contributed by atoms with E-state index in [1.807, 2.05) is 18.5 Å². The minimum Gasteiger partial charge on any atom is -0.393 e. The van der Waals surface area contributed by atoms with Crippen molar-refractivity contribution in [2.75, 3.05) is 0 Å². The van der Waals surface area contributed by atoms with E-state index >= 15 is 0 Å². The lowest BCUT2D eigenvalue weighted by Gasteiger charge is -2.57. The zero-order valence-corrected chi connectivity index (χ0v) is 17.3. The first-order valence-corrected chi connectivity index (χ1v) is 11.0. The van der Waals surface area contributed by atoms with Gasteiger partial charge in [-0.2, -0.15) is 0 Å². The molecule has 2 fully saturated rings. The van der Waals surface area contributed by atoms with Gasteiger partial charge in [-0.1, -0.05) is 26.0 Å². The smallest absolute Gasteiger partial charge is 0.246 e. The summed E-state index contributed by atoms with van der Waals surface area (Å²) >= 11 is 0. The summed E-state index contributed by atoms with van der Waals surface area (Å²) < 4.78 is 0. The lowest BCUT2D eigenvalue weighted by molar-refractivity contribution is -0.434. The number of aliphatic hydroxyl groups is 1. The Morgan fingerprint density at radius 2 is 1.97 bits per heavy atom. The number of hydrogen-bond acceptors (Lipinski definition) is 4. The second-order valence-corrected chi connectivity index (χ2v) is 10.1. The van der Waals surface area contributed by atoms with Crippen molar-refractivity contribution >= 4 is 5.57 Å². The summed E-state index contributed by atoms with van der Waals surface area (Å²) in [5.41, 5.74) is 3.87. The number of nitro groups is 1. The van der Waals surface area contributed by atoms with Crippen LogP contribution < -0.4 is 0 Å². The zero-order valence-electron chi connectivity index (χ0n) is 17.3. The Morgan fingerprint density at radius 1 is 1.17 bits per heavy atom. The van der Waals surface area contributed by atoms with Crippen LogP contribution in [-0.4, -0.2) is 21.1 Å². The molecule has 0 aliphatic heterocycles. The summed E-state index contributed by atoms with van der Waals surface area (Å²) in [6, 6.07) is 4.14. The van der Waals surface area contributed by atoms with Crippen molar-refractivity contribution in [1.82, 2.24) is 4.98 Å². The molecule has 1 N–H and O–H groups in total. The fourth-order valence-corrected chi connectivity index (χ4v) is 7.48. The first kappa shape index (κ1) is 19.0. The molecule has 1 unspecified atom stereocenters. The van der Waals surface area contributed by atoms with E-state index in [1.54, 1.807) is 0 Å². The fraction of sp³-hybridized carbons (Fsp3) is 0.625. The van der Waals surface area contributed by atoms with E-state index in [0.29, 0.717) is 36.3 Å². The molecule has 5 rings (SSSR count). The molecule has 0 aromatic carbocycles. The molecular weight excluding hydrogens is 364 g/mol. The maximum absolute atomic E-state index is 12.0. The Morgan fingerprint density at radius 3 is 2.69 bits per heavy atom.